The summed E-state index contributed by atoms with van der Waals surface area (Å²) in [5.74, 6) is 3.05. The molecule has 6 nitrogen and oxygen atoms in total. The van der Waals surface area contributed by atoms with E-state index in [4.69, 9.17) is 9.47 Å². The van der Waals surface area contributed by atoms with Crippen molar-refractivity contribution in [3.05, 3.63) is 0 Å². The molecule has 0 aromatic carbocycles. The first-order chi connectivity index (χ1) is 9.75. The summed E-state index contributed by atoms with van der Waals surface area (Å²) in [5.41, 5.74) is 0. The second-order valence-electron chi connectivity index (χ2n) is 4.83. The molecule has 0 aromatic rings. The van der Waals surface area contributed by atoms with Gasteiger partial charge in [-0.25, -0.2) is 4.79 Å². The maximum absolute atomic E-state index is 11.6. The monoisotopic (exact) mass is 301 g/mol. The average molecular weight is 301 g/mol. The van der Waals surface area contributed by atoms with Crippen molar-refractivity contribution in [3.8, 4) is 0 Å². The van der Waals surface area contributed by atoms with Gasteiger partial charge in [0, 0.05) is 44.2 Å². The summed E-state index contributed by atoms with van der Waals surface area (Å²) in [4.78, 5) is 20.0. The first-order valence-corrected chi connectivity index (χ1v) is 8.26. The Labute approximate surface area is 124 Å². The SMILES string of the molecule is C/C(=N/C(=O)OCCN1CCSCC1)N1CCOCC1. The number of aliphatic imine (C=N–C) groups is 1. The lowest BCUT2D eigenvalue weighted by atomic mass is 10.4. The number of carbonyl (C=O) groups excluding carboxylic acids is 1. The van der Waals surface area contributed by atoms with Crippen LogP contribution in [0.4, 0.5) is 4.79 Å². The van der Waals surface area contributed by atoms with Crippen LogP contribution in [0.1, 0.15) is 6.92 Å². The second kappa shape index (κ2) is 8.49. The fourth-order valence-electron chi connectivity index (χ4n) is 2.21. The van der Waals surface area contributed by atoms with Gasteiger partial charge in [0.05, 0.1) is 13.2 Å². The van der Waals surface area contributed by atoms with Gasteiger partial charge < -0.3 is 14.4 Å². The zero-order valence-corrected chi connectivity index (χ0v) is 12.9. The zero-order valence-electron chi connectivity index (χ0n) is 12.0. The minimum atomic E-state index is -0.486. The highest BCUT2D eigenvalue weighted by Crippen LogP contribution is 2.08. The summed E-state index contributed by atoms with van der Waals surface area (Å²) in [6.45, 7) is 8.18. The van der Waals surface area contributed by atoms with Crippen molar-refractivity contribution in [2.75, 3.05) is 64.1 Å². The normalized spacial score (nSPS) is 21.9. The van der Waals surface area contributed by atoms with Crippen LogP contribution in [0.3, 0.4) is 0 Å². The van der Waals surface area contributed by atoms with E-state index in [1.165, 1.54) is 11.5 Å². The molecule has 0 spiro atoms. The van der Waals surface area contributed by atoms with Crippen molar-refractivity contribution in [2.24, 2.45) is 4.99 Å². The number of amidine groups is 1. The molecule has 0 aromatic heterocycles. The average Bonchev–Trinajstić information content (AvgIpc) is 2.49. The Morgan fingerprint density at radius 2 is 1.95 bits per heavy atom. The van der Waals surface area contributed by atoms with Crippen molar-refractivity contribution in [2.45, 2.75) is 6.92 Å². The molecule has 0 atom stereocenters. The molecule has 2 fully saturated rings. The summed E-state index contributed by atoms with van der Waals surface area (Å²) in [6.07, 6.45) is -0.486. The summed E-state index contributed by atoms with van der Waals surface area (Å²) < 4.78 is 10.4. The zero-order chi connectivity index (χ0) is 14.2. The summed E-state index contributed by atoms with van der Waals surface area (Å²) in [6, 6.07) is 0. The van der Waals surface area contributed by atoms with E-state index in [9.17, 15) is 4.79 Å². The lowest BCUT2D eigenvalue weighted by molar-refractivity contribution is 0.0675. The maximum Gasteiger partial charge on any atom is 0.435 e. The molecule has 0 unspecified atom stereocenters. The number of morpholine rings is 1. The van der Waals surface area contributed by atoms with E-state index in [-0.39, 0.29) is 0 Å². The molecular formula is C13H23N3O3S. The van der Waals surface area contributed by atoms with Gasteiger partial charge in [-0.1, -0.05) is 0 Å². The first kappa shape index (κ1) is 15.6. The molecule has 1 amide bonds. The van der Waals surface area contributed by atoms with Gasteiger partial charge in [0.1, 0.15) is 12.4 Å². The van der Waals surface area contributed by atoms with Gasteiger partial charge in [0.25, 0.3) is 0 Å². The van der Waals surface area contributed by atoms with Crippen molar-refractivity contribution in [3.63, 3.8) is 0 Å². The fourth-order valence-corrected chi connectivity index (χ4v) is 3.19. The van der Waals surface area contributed by atoms with E-state index in [1.807, 2.05) is 23.6 Å². The number of ether oxygens (including phenoxy) is 2. The van der Waals surface area contributed by atoms with Crippen LogP contribution < -0.4 is 0 Å². The summed E-state index contributed by atoms with van der Waals surface area (Å²) in [5, 5.41) is 0. The number of carbonyl (C=O) groups is 1. The molecule has 2 rings (SSSR count). The Bertz CT molecular complexity index is 340. The minimum absolute atomic E-state index is 0.420. The highest BCUT2D eigenvalue weighted by molar-refractivity contribution is 7.99. The molecule has 20 heavy (non-hydrogen) atoms. The van der Waals surface area contributed by atoms with Gasteiger partial charge in [0.15, 0.2) is 0 Å². The first-order valence-electron chi connectivity index (χ1n) is 7.10. The number of hydrogen-bond donors (Lipinski definition) is 0. The standard InChI is InChI=1S/C13H23N3O3S/c1-12(16-3-7-18-8-4-16)14-13(17)19-9-2-15-5-10-20-11-6-15/h2-11H2,1H3/b14-12-. The maximum atomic E-state index is 11.6. The molecule has 0 aliphatic carbocycles. The fraction of sp³-hybridized carbons (Fsp3) is 0.846. The molecule has 114 valence electrons. The Hall–Kier alpha value is -0.790. The quantitative estimate of drug-likeness (QED) is 0.571. The van der Waals surface area contributed by atoms with Crippen LogP contribution in [0.25, 0.3) is 0 Å². The predicted molar refractivity (Wildman–Crippen MR) is 80.6 cm³/mol. The number of rotatable bonds is 3. The number of amides is 1. The van der Waals surface area contributed by atoms with Gasteiger partial charge in [-0.15, -0.1) is 0 Å². The molecule has 0 bridgehead atoms. The van der Waals surface area contributed by atoms with Crippen LogP contribution in [0.5, 0.6) is 0 Å². The Morgan fingerprint density at radius 1 is 1.25 bits per heavy atom. The third-order valence-electron chi connectivity index (χ3n) is 3.46. The van der Waals surface area contributed by atoms with E-state index >= 15 is 0 Å². The van der Waals surface area contributed by atoms with Crippen LogP contribution in [0.2, 0.25) is 0 Å². The van der Waals surface area contributed by atoms with Gasteiger partial charge in [0.2, 0.25) is 0 Å². The van der Waals surface area contributed by atoms with Crippen LogP contribution in [0.15, 0.2) is 4.99 Å². The van der Waals surface area contributed by atoms with Gasteiger partial charge in [-0.3, -0.25) is 4.90 Å². The molecular weight excluding hydrogens is 278 g/mol. The number of nitrogens with zero attached hydrogens (tertiary/aromatic N) is 3. The topological polar surface area (TPSA) is 54.4 Å². The van der Waals surface area contributed by atoms with E-state index in [0.717, 1.165) is 32.7 Å². The summed E-state index contributed by atoms with van der Waals surface area (Å²) in [7, 11) is 0. The van der Waals surface area contributed by atoms with Crippen molar-refractivity contribution in [1.29, 1.82) is 0 Å². The second-order valence-corrected chi connectivity index (χ2v) is 6.05. The smallest absolute Gasteiger partial charge is 0.435 e. The summed E-state index contributed by atoms with van der Waals surface area (Å²) >= 11 is 1.98. The molecule has 2 saturated heterocycles. The van der Waals surface area contributed by atoms with E-state index in [1.54, 1.807) is 0 Å². The van der Waals surface area contributed by atoms with E-state index in [0.29, 0.717) is 25.7 Å². The Kier molecular flexibility index (Phi) is 6.62. The van der Waals surface area contributed by atoms with E-state index < -0.39 is 6.09 Å². The molecule has 2 aliphatic heterocycles. The molecule has 2 heterocycles. The molecule has 0 saturated carbocycles. The third-order valence-corrected chi connectivity index (χ3v) is 4.40. The molecule has 2 aliphatic rings. The third kappa shape index (κ3) is 5.30. The van der Waals surface area contributed by atoms with Crippen molar-refractivity contribution in [1.82, 2.24) is 9.80 Å². The van der Waals surface area contributed by atoms with E-state index in [2.05, 4.69) is 9.89 Å². The van der Waals surface area contributed by atoms with Crippen LogP contribution in [-0.2, 0) is 9.47 Å². The van der Waals surface area contributed by atoms with Crippen molar-refractivity contribution >= 4 is 23.7 Å². The molecule has 0 radical (unpaired) electrons. The Morgan fingerprint density at radius 3 is 2.65 bits per heavy atom. The number of thioether (sulfide) groups is 1. The Balaban J connectivity index is 1.65. The molecule has 7 heteroatoms. The van der Waals surface area contributed by atoms with Crippen LogP contribution in [-0.4, -0.2) is 85.8 Å². The lowest BCUT2D eigenvalue weighted by Crippen LogP contribution is -2.40. The van der Waals surface area contributed by atoms with Crippen LogP contribution in [0, 0.1) is 0 Å². The van der Waals surface area contributed by atoms with Crippen molar-refractivity contribution < 1.29 is 14.3 Å². The van der Waals surface area contributed by atoms with Crippen LogP contribution >= 0.6 is 11.8 Å². The van der Waals surface area contributed by atoms with Gasteiger partial charge >= 0.3 is 6.09 Å². The minimum Gasteiger partial charge on any atom is -0.447 e. The molecule has 0 N–H and O–H groups in total. The predicted octanol–water partition coefficient (Wildman–Crippen LogP) is 0.922. The highest BCUT2D eigenvalue weighted by Gasteiger charge is 2.14. The largest absolute Gasteiger partial charge is 0.447 e. The lowest BCUT2D eigenvalue weighted by Gasteiger charge is -2.28. The van der Waals surface area contributed by atoms with Gasteiger partial charge in [-0.2, -0.15) is 16.8 Å². The number of hydrogen-bond acceptors (Lipinski definition) is 5. The highest BCUT2D eigenvalue weighted by atomic mass is 32.2. The van der Waals surface area contributed by atoms with Gasteiger partial charge in [-0.05, 0) is 6.92 Å².